The van der Waals surface area contributed by atoms with Gasteiger partial charge in [-0.3, -0.25) is 9.97 Å². The van der Waals surface area contributed by atoms with Crippen LogP contribution in [0.5, 0.6) is 0 Å². The van der Waals surface area contributed by atoms with Gasteiger partial charge in [0.05, 0.1) is 11.9 Å². The molecule has 0 saturated heterocycles. The number of aromatic nitrogens is 3. The summed E-state index contributed by atoms with van der Waals surface area (Å²) >= 11 is 0. The Balaban J connectivity index is 2.05. The summed E-state index contributed by atoms with van der Waals surface area (Å²) in [7, 11) is 0. The first kappa shape index (κ1) is 13.5. The highest BCUT2D eigenvalue weighted by atomic mass is 15.0. The Morgan fingerprint density at radius 2 is 1.95 bits per heavy atom. The summed E-state index contributed by atoms with van der Waals surface area (Å²) in [5.74, 6) is 0.838. The molecule has 0 aliphatic rings. The van der Waals surface area contributed by atoms with Crippen LogP contribution in [-0.2, 0) is 12.8 Å². The zero-order valence-electron chi connectivity index (χ0n) is 11.6. The van der Waals surface area contributed by atoms with Gasteiger partial charge in [0.15, 0.2) is 0 Å². The lowest BCUT2D eigenvalue weighted by atomic mass is 10.1. The number of anilines is 1. The van der Waals surface area contributed by atoms with Crippen LogP contribution in [0.1, 0.15) is 37.2 Å². The van der Waals surface area contributed by atoms with Gasteiger partial charge in [0, 0.05) is 31.1 Å². The van der Waals surface area contributed by atoms with E-state index in [1.807, 2.05) is 6.20 Å². The molecule has 0 saturated carbocycles. The van der Waals surface area contributed by atoms with Crippen LogP contribution in [-0.4, -0.2) is 21.5 Å². The molecule has 0 radical (unpaired) electrons. The molecule has 2 rings (SSSR count). The second-order valence-corrected chi connectivity index (χ2v) is 4.51. The molecule has 0 amide bonds. The lowest BCUT2D eigenvalue weighted by Gasteiger charge is -2.06. The normalized spacial score (nSPS) is 10.4. The zero-order valence-corrected chi connectivity index (χ0v) is 11.6. The third kappa shape index (κ3) is 4.02. The van der Waals surface area contributed by atoms with Crippen LogP contribution in [0.15, 0.2) is 30.7 Å². The molecule has 2 heterocycles. The topological polar surface area (TPSA) is 50.7 Å². The standard InChI is InChI=1S/C15H20N4/c1-3-7-17-15-11-16-10-14(19-15)8-13-6-5-12(4-2)9-18-13/h5-6,9-11H,3-4,7-8H2,1-2H3,(H,17,19). The molecular formula is C15H20N4. The minimum atomic E-state index is 0.721. The first-order chi connectivity index (χ1) is 9.31. The summed E-state index contributed by atoms with van der Waals surface area (Å²) in [4.78, 5) is 13.2. The Morgan fingerprint density at radius 3 is 2.63 bits per heavy atom. The van der Waals surface area contributed by atoms with Gasteiger partial charge in [-0.05, 0) is 24.5 Å². The molecule has 0 unspecified atom stereocenters. The van der Waals surface area contributed by atoms with Gasteiger partial charge in [-0.25, -0.2) is 4.98 Å². The molecule has 100 valence electrons. The van der Waals surface area contributed by atoms with Crippen molar-refractivity contribution in [2.75, 3.05) is 11.9 Å². The smallest absolute Gasteiger partial charge is 0.144 e. The quantitative estimate of drug-likeness (QED) is 0.863. The van der Waals surface area contributed by atoms with E-state index in [0.717, 1.165) is 43.0 Å². The number of hydrogen-bond donors (Lipinski definition) is 1. The molecule has 0 fully saturated rings. The summed E-state index contributed by atoms with van der Waals surface area (Å²) in [5.41, 5.74) is 3.23. The number of pyridine rings is 1. The van der Waals surface area contributed by atoms with E-state index >= 15 is 0 Å². The van der Waals surface area contributed by atoms with Gasteiger partial charge in [0.1, 0.15) is 5.82 Å². The van der Waals surface area contributed by atoms with Crippen LogP contribution in [0, 0.1) is 0 Å². The number of rotatable bonds is 6. The maximum absolute atomic E-state index is 4.53. The molecule has 4 heteroatoms. The van der Waals surface area contributed by atoms with E-state index in [1.54, 1.807) is 12.4 Å². The first-order valence-electron chi connectivity index (χ1n) is 6.80. The van der Waals surface area contributed by atoms with E-state index in [-0.39, 0.29) is 0 Å². The summed E-state index contributed by atoms with van der Waals surface area (Å²) in [6.07, 6.45) is 8.30. The van der Waals surface area contributed by atoms with Crippen molar-refractivity contribution < 1.29 is 0 Å². The van der Waals surface area contributed by atoms with Crippen molar-refractivity contribution >= 4 is 5.82 Å². The van der Waals surface area contributed by atoms with Crippen molar-refractivity contribution in [3.8, 4) is 0 Å². The molecule has 0 atom stereocenters. The van der Waals surface area contributed by atoms with Crippen LogP contribution in [0.3, 0.4) is 0 Å². The van der Waals surface area contributed by atoms with Gasteiger partial charge in [0.25, 0.3) is 0 Å². The molecule has 0 aliphatic carbocycles. The first-order valence-corrected chi connectivity index (χ1v) is 6.80. The van der Waals surface area contributed by atoms with Crippen molar-refractivity contribution in [2.24, 2.45) is 0 Å². The number of aryl methyl sites for hydroxylation is 1. The minimum Gasteiger partial charge on any atom is -0.369 e. The Bertz CT molecular complexity index is 508. The average Bonchev–Trinajstić information content (AvgIpc) is 2.46. The molecule has 0 spiro atoms. The predicted molar refractivity (Wildman–Crippen MR) is 77.2 cm³/mol. The van der Waals surface area contributed by atoms with Crippen molar-refractivity contribution in [1.29, 1.82) is 0 Å². The molecule has 19 heavy (non-hydrogen) atoms. The van der Waals surface area contributed by atoms with Gasteiger partial charge in [-0.1, -0.05) is 19.9 Å². The second kappa shape index (κ2) is 6.83. The van der Waals surface area contributed by atoms with Crippen LogP contribution in [0.4, 0.5) is 5.82 Å². The maximum atomic E-state index is 4.53. The monoisotopic (exact) mass is 256 g/mol. The van der Waals surface area contributed by atoms with E-state index < -0.39 is 0 Å². The summed E-state index contributed by atoms with van der Waals surface area (Å²) in [6.45, 7) is 5.18. The largest absolute Gasteiger partial charge is 0.369 e. The molecule has 2 aromatic rings. The zero-order chi connectivity index (χ0) is 13.5. The third-order valence-electron chi connectivity index (χ3n) is 2.90. The molecular weight excluding hydrogens is 236 g/mol. The number of nitrogens with zero attached hydrogens (tertiary/aromatic N) is 3. The van der Waals surface area contributed by atoms with Gasteiger partial charge in [-0.15, -0.1) is 0 Å². The van der Waals surface area contributed by atoms with Crippen LogP contribution in [0.25, 0.3) is 0 Å². The van der Waals surface area contributed by atoms with Crippen molar-refractivity contribution in [3.05, 3.63) is 47.7 Å². The highest BCUT2D eigenvalue weighted by Crippen LogP contribution is 2.08. The highest BCUT2D eigenvalue weighted by molar-refractivity contribution is 5.32. The van der Waals surface area contributed by atoms with Gasteiger partial charge in [0.2, 0.25) is 0 Å². The second-order valence-electron chi connectivity index (χ2n) is 4.51. The van der Waals surface area contributed by atoms with Crippen LogP contribution < -0.4 is 5.32 Å². The van der Waals surface area contributed by atoms with Gasteiger partial charge in [-0.2, -0.15) is 0 Å². The van der Waals surface area contributed by atoms with Crippen molar-refractivity contribution in [1.82, 2.24) is 15.0 Å². The van der Waals surface area contributed by atoms with Gasteiger partial charge >= 0.3 is 0 Å². The van der Waals surface area contributed by atoms with E-state index in [1.165, 1.54) is 5.56 Å². The molecule has 0 aromatic carbocycles. The van der Waals surface area contributed by atoms with Crippen LogP contribution in [0.2, 0.25) is 0 Å². The molecule has 1 N–H and O–H groups in total. The number of nitrogens with one attached hydrogen (secondary N) is 1. The minimum absolute atomic E-state index is 0.721. The number of hydrogen-bond acceptors (Lipinski definition) is 4. The Kier molecular flexibility index (Phi) is 4.84. The Hall–Kier alpha value is -1.97. The van der Waals surface area contributed by atoms with E-state index in [4.69, 9.17) is 0 Å². The Morgan fingerprint density at radius 1 is 1.05 bits per heavy atom. The van der Waals surface area contributed by atoms with Crippen molar-refractivity contribution in [2.45, 2.75) is 33.1 Å². The fraction of sp³-hybridized carbons (Fsp3) is 0.400. The molecule has 2 aromatic heterocycles. The lowest BCUT2D eigenvalue weighted by molar-refractivity contribution is 0.938. The fourth-order valence-corrected chi connectivity index (χ4v) is 1.78. The van der Waals surface area contributed by atoms with Crippen LogP contribution >= 0.6 is 0 Å². The third-order valence-corrected chi connectivity index (χ3v) is 2.90. The van der Waals surface area contributed by atoms with E-state index in [0.29, 0.717) is 0 Å². The highest BCUT2D eigenvalue weighted by Gasteiger charge is 2.02. The molecule has 4 nitrogen and oxygen atoms in total. The fourth-order valence-electron chi connectivity index (χ4n) is 1.78. The summed E-state index contributed by atoms with van der Waals surface area (Å²) < 4.78 is 0. The van der Waals surface area contributed by atoms with Crippen molar-refractivity contribution in [3.63, 3.8) is 0 Å². The van der Waals surface area contributed by atoms with E-state index in [9.17, 15) is 0 Å². The van der Waals surface area contributed by atoms with Gasteiger partial charge < -0.3 is 5.32 Å². The summed E-state index contributed by atoms with van der Waals surface area (Å²) in [5, 5.41) is 3.24. The predicted octanol–water partition coefficient (Wildman–Crippen LogP) is 2.85. The molecule has 0 aliphatic heterocycles. The lowest BCUT2D eigenvalue weighted by Crippen LogP contribution is -2.05. The Labute approximate surface area is 114 Å². The molecule has 0 bridgehead atoms. The maximum Gasteiger partial charge on any atom is 0.144 e. The summed E-state index contributed by atoms with van der Waals surface area (Å²) in [6, 6.07) is 4.18. The SMILES string of the molecule is CCCNc1cncc(Cc2ccc(CC)cn2)n1. The average molecular weight is 256 g/mol. The van der Waals surface area contributed by atoms with E-state index in [2.05, 4.69) is 46.2 Å².